The molecule has 0 radical (unpaired) electrons. The first-order valence-electron chi connectivity index (χ1n) is 5.94. The Labute approximate surface area is 131 Å². The van der Waals surface area contributed by atoms with E-state index < -0.39 is 0 Å². The zero-order chi connectivity index (χ0) is 13.5. The van der Waals surface area contributed by atoms with E-state index in [1.54, 1.807) is 11.8 Å². The molecule has 0 saturated heterocycles. The Balaban J connectivity index is 1.83. The Morgan fingerprint density at radius 1 is 1.11 bits per heavy atom. The van der Waals surface area contributed by atoms with Gasteiger partial charge in [0, 0.05) is 26.6 Å². The van der Waals surface area contributed by atoms with Crippen LogP contribution in [0.5, 0.6) is 5.75 Å². The normalized spacial score (nSPS) is 10.4. The molecule has 0 aliphatic heterocycles. The van der Waals surface area contributed by atoms with E-state index >= 15 is 0 Å². The fourth-order valence-electron chi connectivity index (χ4n) is 1.62. The highest BCUT2D eigenvalue weighted by Gasteiger charge is 2.03. The van der Waals surface area contributed by atoms with E-state index in [4.69, 9.17) is 16.3 Å². The Hall–Kier alpha value is -0.640. The summed E-state index contributed by atoms with van der Waals surface area (Å²) < 4.78 is 5.80. The molecule has 4 heteroatoms. The monoisotopic (exact) mass is 356 g/mol. The second-order valence-corrected chi connectivity index (χ2v) is 6.06. The number of benzene rings is 2. The molecule has 0 atom stereocenters. The summed E-state index contributed by atoms with van der Waals surface area (Å²) in [5, 5.41) is 1.48. The van der Waals surface area contributed by atoms with E-state index in [9.17, 15) is 0 Å². The summed E-state index contributed by atoms with van der Waals surface area (Å²) in [5.41, 5.74) is 1.08. The summed E-state index contributed by atoms with van der Waals surface area (Å²) in [6.45, 7) is 0.682. The first-order chi connectivity index (χ1) is 9.29. The molecule has 100 valence electrons. The average molecular weight is 358 g/mol. The van der Waals surface area contributed by atoms with Gasteiger partial charge < -0.3 is 4.74 Å². The molecule has 19 heavy (non-hydrogen) atoms. The number of halogens is 2. The fourth-order valence-corrected chi connectivity index (χ4v) is 3.01. The van der Waals surface area contributed by atoms with Gasteiger partial charge in [-0.15, -0.1) is 11.8 Å². The zero-order valence-electron chi connectivity index (χ0n) is 10.3. The van der Waals surface area contributed by atoms with Gasteiger partial charge in [0.1, 0.15) is 5.75 Å². The molecule has 0 spiro atoms. The second kappa shape index (κ2) is 7.83. The molecule has 1 nitrogen and oxygen atoms in total. The SMILES string of the molecule is Clc1ccc(OCCSc2ccccc2)c(CBr)c1. The van der Waals surface area contributed by atoms with Crippen LogP contribution in [-0.4, -0.2) is 12.4 Å². The molecule has 2 aromatic carbocycles. The van der Waals surface area contributed by atoms with E-state index in [-0.39, 0.29) is 0 Å². The molecule has 0 aliphatic rings. The van der Waals surface area contributed by atoms with Crippen LogP contribution in [0.15, 0.2) is 53.4 Å². The predicted octanol–water partition coefficient (Wildman–Crippen LogP) is 5.41. The van der Waals surface area contributed by atoms with Crippen molar-refractivity contribution in [1.82, 2.24) is 0 Å². The molecule has 0 amide bonds. The lowest BCUT2D eigenvalue weighted by Crippen LogP contribution is -2.02. The van der Waals surface area contributed by atoms with Crippen LogP contribution in [0, 0.1) is 0 Å². The van der Waals surface area contributed by atoms with E-state index in [1.165, 1.54) is 4.90 Å². The van der Waals surface area contributed by atoms with Crippen molar-refractivity contribution in [2.45, 2.75) is 10.2 Å². The van der Waals surface area contributed by atoms with Gasteiger partial charge in [-0.2, -0.15) is 0 Å². The third-order valence-corrected chi connectivity index (χ3v) is 4.33. The molecule has 0 fully saturated rings. The summed E-state index contributed by atoms with van der Waals surface area (Å²) in [6.07, 6.45) is 0. The standard InChI is InChI=1S/C15H14BrClOS/c16-11-12-10-13(17)6-7-15(12)18-8-9-19-14-4-2-1-3-5-14/h1-7,10H,8-9,11H2. The van der Waals surface area contributed by atoms with Gasteiger partial charge in [0.05, 0.1) is 6.61 Å². The van der Waals surface area contributed by atoms with Crippen LogP contribution in [0.1, 0.15) is 5.56 Å². The topological polar surface area (TPSA) is 9.23 Å². The minimum absolute atomic E-state index is 0.682. The van der Waals surface area contributed by atoms with Crippen LogP contribution in [0.25, 0.3) is 0 Å². The van der Waals surface area contributed by atoms with Crippen LogP contribution in [0.3, 0.4) is 0 Å². The van der Waals surface area contributed by atoms with Crippen LogP contribution in [0.4, 0.5) is 0 Å². The van der Waals surface area contributed by atoms with Crippen molar-refractivity contribution in [1.29, 1.82) is 0 Å². The highest BCUT2D eigenvalue weighted by Crippen LogP contribution is 2.25. The zero-order valence-corrected chi connectivity index (χ0v) is 13.5. The molecule has 0 aliphatic carbocycles. The summed E-state index contributed by atoms with van der Waals surface area (Å²) in [6, 6.07) is 16.0. The lowest BCUT2D eigenvalue weighted by molar-refractivity contribution is 0.341. The highest BCUT2D eigenvalue weighted by atomic mass is 79.9. The van der Waals surface area contributed by atoms with E-state index in [1.807, 2.05) is 36.4 Å². The fraction of sp³-hybridized carbons (Fsp3) is 0.200. The molecule has 0 saturated carbocycles. The van der Waals surface area contributed by atoms with Crippen LogP contribution in [-0.2, 0) is 5.33 Å². The molecule has 2 aromatic rings. The van der Waals surface area contributed by atoms with Crippen LogP contribution >= 0.6 is 39.3 Å². The van der Waals surface area contributed by atoms with Crippen LogP contribution < -0.4 is 4.74 Å². The first-order valence-corrected chi connectivity index (χ1v) is 8.43. The first kappa shape index (κ1) is 14.8. The Morgan fingerprint density at radius 2 is 1.89 bits per heavy atom. The Morgan fingerprint density at radius 3 is 2.63 bits per heavy atom. The summed E-state index contributed by atoms with van der Waals surface area (Å²) >= 11 is 11.2. The molecule has 0 heterocycles. The largest absolute Gasteiger partial charge is 0.492 e. The van der Waals surface area contributed by atoms with Crippen molar-refractivity contribution in [3.05, 3.63) is 59.1 Å². The lowest BCUT2D eigenvalue weighted by Gasteiger charge is -2.10. The van der Waals surface area contributed by atoms with Crippen molar-refractivity contribution < 1.29 is 4.74 Å². The Kier molecular flexibility index (Phi) is 6.08. The lowest BCUT2D eigenvalue weighted by atomic mass is 10.2. The summed E-state index contributed by atoms with van der Waals surface area (Å²) in [5.74, 6) is 1.82. The van der Waals surface area contributed by atoms with Gasteiger partial charge in [0.2, 0.25) is 0 Å². The van der Waals surface area contributed by atoms with Gasteiger partial charge in [0.15, 0.2) is 0 Å². The molecule has 0 aromatic heterocycles. The Bertz CT molecular complexity index is 519. The number of thioether (sulfide) groups is 1. The number of hydrogen-bond donors (Lipinski definition) is 0. The van der Waals surface area contributed by atoms with Gasteiger partial charge in [-0.05, 0) is 30.3 Å². The van der Waals surface area contributed by atoms with Crippen molar-refractivity contribution in [3.8, 4) is 5.75 Å². The molecular formula is C15H14BrClOS. The molecule has 0 unspecified atom stereocenters. The third kappa shape index (κ3) is 4.75. The number of alkyl halides is 1. The van der Waals surface area contributed by atoms with Gasteiger partial charge >= 0.3 is 0 Å². The van der Waals surface area contributed by atoms with Gasteiger partial charge in [-0.3, -0.25) is 0 Å². The van der Waals surface area contributed by atoms with Crippen molar-refractivity contribution in [2.24, 2.45) is 0 Å². The maximum absolute atomic E-state index is 5.96. The number of rotatable bonds is 6. The summed E-state index contributed by atoms with van der Waals surface area (Å²) in [4.78, 5) is 1.27. The summed E-state index contributed by atoms with van der Waals surface area (Å²) in [7, 11) is 0. The van der Waals surface area contributed by atoms with Crippen molar-refractivity contribution >= 4 is 39.3 Å². The highest BCUT2D eigenvalue weighted by molar-refractivity contribution is 9.08. The number of hydrogen-bond acceptors (Lipinski definition) is 2. The quantitative estimate of drug-likeness (QED) is 0.388. The van der Waals surface area contributed by atoms with E-state index in [2.05, 4.69) is 28.1 Å². The van der Waals surface area contributed by atoms with Crippen molar-refractivity contribution in [3.63, 3.8) is 0 Å². The minimum Gasteiger partial charge on any atom is -0.492 e. The van der Waals surface area contributed by atoms with Gasteiger partial charge in [-0.25, -0.2) is 0 Å². The minimum atomic E-state index is 0.682. The van der Waals surface area contributed by atoms with Crippen LogP contribution in [0.2, 0.25) is 5.02 Å². The predicted molar refractivity (Wildman–Crippen MR) is 86.7 cm³/mol. The molecule has 2 rings (SSSR count). The van der Waals surface area contributed by atoms with E-state index in [0.29, 0.717) is 6.61 Å². The van der Waals surface area contributed by atoms with Gasteiger partial charge in [0.25, 0.3) is 0 Å². The molecule has 0 bridgehead atoms. The maximum atomic E-state index is 5.96. The smallest absolute Gasteiger partial charge is 0.123 e. The molecular weight excluding hydrogens is 344 g/mol. The average Bonchev–Trinajstić information content (AvgIpc) is 2.46. The van der Waals surface area contributed by atoms with Gasteiger partial charge in [-0.1, -0.05) is 45.7 Å². The van der Waals surface area contributed by atoms with Crippen molar-refractivity contribution in [2.75, 3.05) is 12.4 Å². The van der Waals surface area contributed by atoms with E-state index in [0.717, 1.165) is 27.4 Å². The maximum Gasteiger partial charge on any atom is 0.123 e. The third-order valence-electron chi connectivity index (χ3n) is 2.52. The number of ether oxygens (including phenoxy) is 1. The second-order valence-electron chi connectivity index (χ2n) is 3.90. The molecule has 0 N–H and O–H groups in total.